The molecular weight excluding hydrogens is 398 g/mol. The summed E-state index contributed by atoms with van der Waals surface area (Å²) in [6.07, 6.45) is 2.12. The van der Waals surface area contributed by atoms with Crippen LogP contribution in [0.2, 0.25) is 0 Å². The van der Waals surface area contributed by atoms with Gasteiger partial charge in [0.25, 0.3) is 0 Å². The number of fused-ring (bicyclic) bond motifs is 1. The molecular formula is C19H17N3O4S2. The number of aromatic amines is 1. The molecule has 1 unspecified atom stereocenters. The zero-order valence-electron chi connectivity index (χ0n) is 14.9. The Bertz CT molecular complexity index is 1270. The quantitative estimate of drug-likeness (QED) is 0.503. The van der Waals surface area contributed by atoms with E-state index in [-0.39, 0.29) is 10.5 Å². The summed E-state index contributed by atoms with van der Waals surface area (Å²) < 4.78 is 33.8. The van der Waals surface area contributed by atoms with Crippen LogP contribution in [0.15, 0.2) is 67.5 Å². The molecule has 144 valence electrons. The van der Waals surface area contributed by atoms with Gasteiger partial charge in [-0.2, -0.15) is 11.3 Å². The number of H-pyrrole nitrogens is 1. The van der Waals surface area contributed by atoms with Crippen molar-refractivity contribution in [2.75, 3.05) is 0 Å². The van der Waals surface area contributed by atoms with Crippen molar-refractivity contribution in [1.29, 1.82) is 0 Å². The first-order valence-electron chi connectivity index (χ1n) is 8.50. The van der Waals surface area contributed by atoms with Gasteiger partial charge < -0.3 is 4.42 Å². The van der Waals surface area contributed by atoms with Crippen LogP contribution in [-0.4, -0.2) is 18.4 Å². The number of pyridine rings is 1. The summed E-state index contributed by atoms with van der Waals surface area (Å²) in [5, 5.41) is 3.94. The molecule has 0 saturated carbocycles. The number of aryl methyl sites for hydroxylation is 1. The zero-order valence-corrected chi connectivity index (χ0v) is 16.5. The minimum absolute atomic E-state index is 0.0200. The number of hydrogen-bond acceptors (Lipinski definition) is 6. The summed E-state index contributed by atoms with van der Waals surface area (Å²) in [7, 11) is -3.87. The average Bonchev–Trinajstić information content (AvgIpc) is 3.29. The molecule has 2 N–H and O–H groups in total. The third-order valence-electron chi connectivity index (χ3n) is 4.40. The molecule has 1 aromatic carbocycles. The van der Waals surface area contributed by atoms with Crippen LogP contribution < -0.4 is 10.5 Å². The van der Waals surface area contributed by atoms with E-state index in [2.05, 4.69) is 14.7 Å². The van der Waals surface area contributed by atoms with Gasteiger partial charge in [-0.05, 0) is 59.5 Å². The van der Waals surface area contributed by atoms with Crippen LogP contribution in [0, 0.1) is 6.92 Å². The predicted molar refractivity (Wildman–Crippen MR) is 107 cm³/mol. The molecule has 3 heterocycles. The third-order valence-corrected chi connectivity index (χ3v) is 6.60. The second-order valence-corrected chi connectivity index (χ2v) is 8.88. The highest BCUT2D eigenvalue weighted by Gasteiger charge is 2.24. The number of thiophene rings is 1. The van der Waals surface area contributed by atoms with Gasteiger partial charge in [0, 0.05) is 12.3 Å². The number of hydrogen-bond donors (Lipinski definition) is 2. The Kier molecular flexibility index (Phi) is 4.88. The summed E-state index contributed by atoms with van der Waals surface area (Å²) in [5.41, 5.74) is 3.23. The van der Waals surface area contributed by atoms with E-state index in [4.69, 9.17) is 4.42 Å². The van der Waals surface area contributed by atoms with Crippen molar-refractivity contribution < 1.29 is 12.8 Å². The van der Waals surface area contributed by atoms with E-state index in [0.29, 0.717) is 17.6 Å². The van der Waals surface area contributed by atoms with Gasteiger partial charge in [-0.15, -0.1) is 0 Å². The minimum Gasteiger partial charge on any atom is -0.408 e. The Labute approximate surface area is 165 Å². The molecule has 4 aromatic rings. The molecule has 7 nitrogen and oxygen atoms in total. The van der Waals surface area contributed by atoms with Gasteiger partial charge >= 0.3 is 5.76 Å². The summed E-state index contributed by atoms with van der Waals surface area (Å²) in [5.74, 6) is -0.628. The first-order chi connectivity index (χ1) is 13.4. The van der Waals surface area contributed by atoms with Crippen LogP contribution in [-0.2, 0) is 16.4 Å². The Morgan fingerprint density at radius 3 is 2.89 bits per heavy atom. The van der Waals surface area contributed by atoms with Crippen LogP contribution in [0.4, 0.5) is 0 Å². The summed E-state index contributed by atoms with van der Waals surface area (Å²) >= 11 is 1.56. The molecule has 0 aliphatic carbocycles. The molecule has 0 aliphatic rings. The fourth-order valence-electron chi connectivity index (χ4n) is 3.05. The Balaban J connectivity index is 1.71. The number of aromatic nitrogens is 2. The fraction of sp³-hybridized carbons (Fsp3) is 0.158. The fourth-order valence-corrected chi connectivity index (χ4v) is 4.95. The maximum absolute atomic E-state index is 13.0. The van der Waals surface area contributed by atoms with Gasteiger partial charge in [0.05, 0.1) is 22.1 Å². The average molecular weight is 415 g/mol. The molecule has 0 amide bonds. The Hall–Kier alpha value is -2.75. The van der Waals surface area contributed by atoms with Crippen molar-refractivity contribution in [3.05, 3.63) is 80.7 Å². The van der Waals surface area contributed by atoms with E-state index in [1.165, 1.54) is 18.2 Å². The van der Waals surface area contributed by atoms with Gasteiger partial charge in [0.2, 0.25) is 10.0 Å². The van der Waals surface area contributed by atoms with Gasteiger partial charge in [-0.25, -0.2) is 17.9 Å². The standard InChI is InChI=1S/C19H17N3O4S2/c1-12-3-2-7-20-18(12)16(9-13-6-8-27-11-13)22-28(24,25)14-4-5-15-17(10-14)26-19(23)21-15/h2-8,10-11,16,22H,9H2,1H3,(H,21,23). The van der Waals surface area contributed by atoms with Crippen LogP contribution in [0.3, 0.4) is 0 Å². The molecule has 0 fully saturated rings. The number of sulfonamides is 1. The smallest absolute Gasteiger partial charge is 0.408 e. The molecule has 1 atom stereocenters. The van der Waals surface area contributed by atoms with E-state index in [1.54, 1.807) is 17.5 Å². The van der Waals surface area contributed by atoms with Crippen molar-refractivity contribution in [2.45, 2.75) is 24.3 Å². The van der Waals surface area contributed by atoms with E-state index in [9.17, 15) is 13.2 Å². The maximum atomic E-state index is 13.0. The molecule has 3 aromatic heterocycles. The molecule has 9 heteroatoms. The molecule has 0 saturated heterocycles. The number of nitrogens with one attached hydrogen (secondary N) is 2. The van der Waals surface area contributed by atoms with E-state index < -0.39 is 21.8 Å². The lowest BCUT2D eigenvalue weighted by Crippen LogP contribution is -2.31. The normalized spacial score (nSPS) is 13.0. The molecule has 0 spiro atoms. The van der Waals surface area contributed by atoms with Crippen molar-refractivity contribution in [3.8, 4) is 0 Å². The maximum Gasteiger partial charge on any atom is 0.417 e. The SMILES string of the molecule is Cc1cccnc1C(Cc1ccsc1)NS(=O)(=O)c1ccc2[nH]c(=O)oc2c1. The monoisotopic (exact) mass is 415 g/mol. The minimum atomic E-state index is -3.87. The first-order valence-corrected chi connectivity index (χ1v) is 10.9. The second-order valence-electron chi connectivity index (χ2n) is 6.39. The van der Waals surface area contributed by atoms with Crippen LogP contribution in [0.25, 0.3) is 11.1 Å². The molecule has 0 aliphatic heterocycles. The number of rotatable bonds is 6. The molecule has 0 bridgehead atoms. The number of oxazole rings is 1. The summed E-state index contributed by atoms with van der Waals surface area (Å²) in [6.45, 7) is 1.90. The van der Waals surface area contributed by atoms with Gasteiger partial charge in [0.1, 0.15) is 0 Å². The van der Waals surface area contributed by atoms with Crippen molar-refractivity contribution in [2.24, 2.45) is 0 Å². The van der Waals surface area contributed by atoms with E-state index in [0.717, 1.165) is 11.1 Å². The number of nitrogens with zero attached hydrogens (tertiary/aromatic N) is 1. The summed E-state index contributed by atoms with van der Waals surface area (Å²) in [6, 6.07) is 9.43. The molecule has 0 radical (unpaired) electrons. The topological polar surface area (TPSA) is 105 Å². The van der Waals surface area contributed by atoms with Gasteiger partial charge in [-0.1, -0.05) is 6.07 Å². The molecule has 28 heavy (non-hydrogen) atoms. The predicted octanol–water partition coefficient (Wildman–Crippen LogP) is 3.15. The van der Waals surface area contributed by atoms with Gasteiger partial charge in [-0.3, -0.25) is 9.97 Å². The van der Waals surface area contributed by atoms with Gasteiger partial charge in [0.15, 0.2) is 5.58 Å². The van der Waals surface area contributed by atoms with Crippen LogP contribution in [0.5, 0.6) is 0 Å². The zero-order chi connectivity index (χ0) is 19.7. The highest BCUT2D eigenvalue weighted by molar-refractivity contribution is 7.89. The Morgan fingerprint density at radius 1 is 1.29 bits per heavy atom. The molecule has 4 rings (SSSR count). The van der Waals surface area contributed by atoms with Crippen molar-refractivity contribution in [1.82, 2.24) is 14.7 Å². The largest absolute Gasteiger partial charge is 0.417 e. The third kappa shape index (κ3) is 3.77. The summed E-state index contributed by atoms with van der Waals surface area (Å²) in [4.78, 5) is 18.2. The highest BCUT2D eigenvalue weighted by Crippen LogP contribution is 2.24. The lowest BCUT2D eigenvalue weighted by molar-refractivity contribution is 0.545. The van der Waals surface area contributed by atoms with Crippen LogP contribution in [0.1, 0.15) is 22.9 Å². The lowest BCUT2D eigenvalue weighted by Gasteiger charge is -2.19. The van der Waals surface area contributed by atoms with Crippen molar-refractivity contribution in [3.63, 3.8) is 0 Å². The Morgan fingerprint density at radius 2 is 2.14 bits per heavy atom. The van der Waals surface area contributed by atoms with Crippen LogP contribution >= 0.6 is 11.3 Å². The number of benzene rings is 1. The van der Waals surface area contributed by atoms with Crippen molar-refractivity contribution >= 4 is 32.5 Å². The lowest BCUT2D eigenvalue weighted by atomic mass is 10.0. The first kappa shape index (κ1) is 18.6. The van der Waals surface area contributed by atoms with E-state index >= 15 is 0 Å². The second kappa shape index (κ2) is 7.34. The van der Waals surface area contributed by atoms with E-state index in [1.807, 2.05) is 35.9 Å². The highest BCUT2D eigenvalue weighted by atomic mass is 32.2.